The molecule has 8 nitrogen and oxygen atoms in total. The molecule has 10 heteroatoms. The first-order chi connectivity index (χ1) is 16.4. The lowest BCUT2D eigenvalue weighted by atomic mass is 10.1. The van der Waals surface area contributed by atoms with Gasteiger partial charge in [0, 0.05) is 24.3 Å². The smallest absolute Gasteiger partial charge is 0.329 e. The molecule has 0 heterocycles. The van der Waals surface area contributed by atoms with Gasteiger partial charge in [-0.05, 0) is 12.8 Å². The van der Waals surface area contributed by atoms with E-state index in [2.05, 4.69) is 24.5 Å². The lowest BCUT2D eigenvalue weighted by molar-refractivity contribution is -0.144. The average Bonchev–Trinajstić information content (AvgIpc) is 2.83. The van der Waals surface area contributed by atoms with E-state index in [1.165, 1.54) is 35.8 Å². The zero-order valence-corrected chi connectivity index (χ0v) is 23.0. The van der Waals surface area contributed by atoms with Crippen LogP contribution >= 0.6 is 21.6 Å². The maximum absolute atomic E-state index is 12.2. The van der Waals surface area contributed by atoms with Crippen molar-refractivity contribution in [3.63, 3.8) is 0 Å². The minimum Gasteiger partial charge on any atom is -0.467 e. The quantitative estimate of drug-likeness (QED) is 0.130. The molecule has 0 saturated heterocycles. The first-order valence-electron chi connectivity index (χ1n) is 12.4. The Morgan fingerprint density at radius 2 is 0.971 bits per heavy atom. The van der Waals surface area contributed by atoms with E-state index < -0.39 is 24.0 Å². The molecule has 0 aliphatic rings. The number of carbonyl (C=O) groups excluding carboxylic acids is 4. The van der Waals surface area contributed by atoms with Gasteiger partial charge in [0.15, 0.2) is 0 Å². The second kappa shape index (κ2) is 22.1. The molecular weight excluding hydrogens is 476 g/mol. The summed E-state index contributed by atoms with van der Waals surface area (Å²) in [4.78, 5) is 48.5. The Morgan fingerprint density at radius 3 is 1.29 bits per heavy atom. The van der Waals surface area contributed by atoms with E-state index in [0.717, 1.165) is 64.2 Å². The van der Waals surface area contributed by atoms with E-state index in [0.29, 0.717) is 12.8 Å². The Morgan fingerprint density at radius 1 is 0.618 bits per heavy atom. The molecule has 0 aromatic rings. The van der Waals surface area contributed by atoms with Gasteiger partial charge in [-0.3, -0.25) is 9.59 Å². The fraction of sp³-hybridized carbons (Fsp3) is 0.833. The summed E-state index contributed by atoms with van der Waals surface area (Å²) in [7, 11) is 5.24. The summed E-state index contributed by atoms with van der Waals surface area (Å²) in [5.74, 6) is -0.773. The lowest BCUT2D eigenvalue weighted by Gasteiger charge is -2.18. The number of unbranched alkanes of at least 4 members (excludes halogenated alkanes) is 8. The van der Waals surface area contributed by atoms with Crippen LogP contribution in [0.5, 0.6) is 0 Å². The third-order valence-electron chi connectivity index (χ3n) is 5.21. The van der Waals surface area contributed by atoms with Crippen molar-refractivity contribution >= 4 is 45.3 Å². The van der Waals surface area contributed by atoms with Gasteiger partial charge in [-0.1, -0.05) is 86.8 Å². The number of rotatable bonds is 21. The highest BCUT2D eigenvalue weighted by Crippen LogP contribution is 2.24. The second-order valence-corrected chi connectivity index (χ2v) is 10.7. The first kappa shape index (κ1) is 32.6. The van der Waals surface area contributed by atoms with E-state index in [-0.39, 0.29) is 23.3 Å². The summed E-state index contributed by atoms with van der Waals surface area (Å²) in [6.07, 6.45) is 11.1. The zero-order valence-electron chi connectivity index (χ0n) is 21.3. The molecule has 2 N–H and O–H groups in total. The van der Waals surface area contributed by atoms with E-state index in [4.69, 9.17) is 9.47 Å². The van der Waals surface area contributed by atoms with Crippen LogP contribution in [-0.4, -0.2) is 61.6 Å². The Labute approximate surface area is 213 Å². The fourth-order valence-corrected chi connectivity index (χ4v) is 5.46. The van der Waals surface area contributed by atoms with Crippen LogP contribution < -0.4 is 10.6 Å². The molecule has 2 atom stereocenters. The zero-order chi connectivity index (χ0) is 25.6. The Hall–Kier alpha value is -1.42. The molecule has 0 rings (SSSR count). The number of esters is 2. The number of hydrogen-bond donors (Lipinski definition) is 2. The maximum atomic E-state index is 12.2. The van der Waals surface area contributed by atoms with Crippen molar-refractivity contribution < 1.29 is 28.7 Å². The number of hydrogen-bond acceptors (Lipinski definition) is 8. The van der Waals surface area contributed by atoms with Gasteiger partial charge in [-0.2, -0.15) is 0 Å². The van der Waals surface area contributed by atoms with Gasteiger partial charge in [-0.25, -0.2) is 9.59 Å². The monoisotopic (exact) mass is 520 g/mol. The number of amides is 2. The van der Waals surface area contributed by atoms with Crippen LogP contribution in [0.4, 0.5) is 0 Å². The van der Waals surface area contributed by atoms with E-state index in [1.807, 2.05) is 0 Å². The van der Waals surface area contributed by atoms with Gasteiger partial charge >= 0.3 is 11.9 Å². The molecule has 0 fully saturated rings. The molecule has 0 aliphatic heterocycles. The second-order valence-electron chi connectivity index (χ2n) is 8.18. The van der Waals surface area contributed by atoms with Gasteiger partial charge in [0.2, 0.25) is 11.8 Å². The summed E-state index contributed by atoms with van der Waals surface area (Å²) in [5.41, 5.74) is 0. The van der Waals surface area contributed by atoms with Crippen LogP contribution in [0.25, 0.3) is 0 Å². The third-order valence-corrected chi connectivity index (χ3v) is 7.63. The average molecular weight is 521 g/mol. The highest BCUT2D eigenvalue weighted by atomic mass is 33.1. The number of carbonyl (C=O) groups is 4. The van der Waals surface area contributed by atoms with Gasteiger partial charge in [0.1, 0.15) is 12.1 Å². The number of nitrogens with one attached hydrogen (secondary N) is 2. The van der Waals surface area contributed by atoms with E-state index in [1.54, 1.807) is 0 Å². The number of ether oxygens (including phenoxy) is 2. The van der Waals surface area contributed by atoms with Crippen LogP contribution in [0.2, 0.25) is 0 Å². The molecule has 0 saturated carbocycles. The minimum atomic E-state index is -0.764. The highest BCUT2D eigenvalue weighted by Gasteiger charge is 2.24. The summed E-state index contributed by atoms with van der Waals surface area (Å²) in [5, 5.41) is 5.48. The Bertz CT molecular complexity index is 542. The molecule has 34 heavy (non-hydrogen) atoms. The van der Waals surface area contributed by atoms with Crippen molar-refractivity contribution in [2.45, 2.75) is 103 Å². The van der Waals surface area contributed by atoms with Gasteiger partial charge in [0.25, 0.3) is 0 Å². The molecular formula is C24H44N2O6S2. The Kier molecular flexibility index (Phi) is 21.1. The van der Waals surface area contributed by atoms with E-state index in [9.17, 15) is 19.2 Å². The number of methoxy groups -OCH3 is 2. The molecule has 0 aliphatic carbocycles. The summed E-state index contributed by atoms with van der Waals surface area (Å²) in [6.45, 7) is 4.28. The normalized spacial score (nSPS) is 12.5. The van der Waals surface area contributed by atoms with Crippen molar-refractivity contribution in [1.82, 2.24) is 10.6 Å². The van der Waals surface area contributed by atoms with Crippen molar-refractivity contribution in [1.29, 1.82) is 0 Å². The molecule has 0 radical (unpaired) electrons. The topological polar surface area (TPSA) is 111 Å². The fourth-order valence-electron chi connectivity index (χ4n) is 3.17. The molecule has 2 amide bonds. The van der Waals surface area contributed by atoms with Gasteiger partial charge in [0.05, 0.1) is 14.2 Å². The minimum absolute atomic E-state index is 0.170. The highest BCUT2D eigenvalue weighted by molar-refractivity contribution is 8.76. The third kappa shape index (κ3) is 17.1. The van der Waals surface area contributed by atoms with Crippen molar-refractivity contribution in [3.8, 4) is 0 Å². The van der Waals surface area contributed by atoms with Crippen LogP contribution in [0, 0.1) is 0 Å². The first-order valence-corrected chi connectivity index (χ1v) is 14.9. The van der Waals surface area contributed by atoms with Gasteiger partial charge < -0.3 is 20.1 Å². The van der Waals surface area contributed by atoms with Crippen molar-refractivity contribution in [2.75, 3.05) is 25.7 Å². The van der Waals surface area contributed by atoms with Crippen LogP contribution in [0.15, 0.2) is 0 Å². The molecule has 0 aromatic heterocycles. The molecule has 2 unspecified atom stereocenters. The van der Waals surface area contributed by atoms with Crippen molar-refractivity contribution in [2.24, 2.45) is 0 Å². The maximum Gasteiger partial charge on any atom is 0.329 e. The standard InChI is InChI=1S/C24H44N2O6S2/c1-5-7-9-11-13-15-21(27)25-19(23(29)31-3)17-33-34-18-20(24(30)32-4)26-22(28)16-14-12-10-8-6-2/h19-20H,5-18H2,1-4H3,(H,25,27)(H,26,28). The predicted octanol–water partition coefficient (Wildman–Crippen LogP) is 4.40. The molecule has 0 bridgehead atoms. The van der Waals surface area contributed by atoms with Crippen LogP contribution in [0.1, 0.15) is 90.9 Å². The molecule has 0 spiro atoms. The molecule has 0 aromatic carbocycles. The summed E-state index contributed by atoms with van der Waals surface area (Å²) < 4.78 is 9.62. The lowest BCUT2D eigenvalue weighted by Crippen LogP contribution is -2.44. The summed E-state index contributed by atoms with van der Waals surface area (Å²) in [6, 6.07) is -1.53. The van der Waals surface area contributed by atoms with E-state index >= 15 is 0 Å². The van der Waals surface area contributed by atoms with Gasteiger partial charge in [-0.15, -0.1) is 0 Å². The summed E-state index contributed by atoms with van der Waals surface area (Å²) >= 11 is 0. The van der Waals surface area contributed by atoms with Crippen molar-refractivity contribution in [3.05, 3.63) is 0 Å². The molecule has 198 valence electrons. The largest absolute Gasteiger partial charge is 0.467 e. The predicted molar refractivity (Wildman–Crippen MR) is 140 cm³/mol. The van der Waals surface area contributed by atoms with Crippen LogP contribution in [0.3, 0.4) is 0 Å². The van der Waals surface area contributed by atoms with Crippen LogP contribution in [-0.2, 0) is 28.7 Å². The SMILES string of the molecule is CCCCCCCC(=O)NC(CSSCC(NC(=O)CCCCCCC)C(=O)OC)C(=O)OC. The Balaban J connectivity index is 4.46.